The van der Waals surface area contributed by atoms with Crippen molar-refractivity contribution >= 4 is 90.2 Å². The molecule has 0 atom stereocenters. The highest BCUT2D eigenvalue weighted by molar-refractivity contribution is 6.06. The maximum absolute atomic E-state index is 11.5. The lowest BCUT2D eigenvalue weighted by Gasteiger charge is -2.08. The van der Waals surface area contributed by atoms with Crippen LogP contribution in [0.3, 0.4) is 0 Å². The molecule has 8 N–H and O–H groups in total. The van der Waals surface area contributed by atoms with Gasteiger partial charge in [0, 0.05) is 46.3 Å². The number of aromatic nitrogens is 4. The SMILES string of the molecule is COC(=O)c1cc2cccnc2c(C#N)c1N.COC(=O)c1cc2cccnc2c(C#N)c1N.COC(=O)c1cc2cccnc2c(C#N)c1N.COC(=O)c1cc2cccnc2c(C#N)c1N. The van der Waals surface area contributed by atoms with Gasteiger partial charge in [-0.05, 0) is 48.5 Å². The van der Waals surface area contributed by atoms with Crippen LogP contribution in [0.15, 0.2) is 97.6 Å². The molecule has 0 aliphatic rings. The maximum Gasteiger partial charge on any atom is 0.340 e. The topological polar surface area (TPSA) is 356 Å². The fourth-order valence-electron chi connectivity index (χ4n) is 6.52. The Hall–Kier alpha value is -10.4. The Morgan fingerprint density at radius 3 is 0.750 bits per heavy atom. The van der Waals surface area contributed by atoms with E-state index in [2.05, 4.69) is 38.9 Å². The molecule has 0 fully saturated rings. The lowest BCUT2D eigenvalue weighted by molar-refractivity contribution is 0.0593. The van der Waals surface area contributed by atoms with Gasteiger partial charge in [0.2, 0.25) is 0 Å². The van der Waals surface area contributed by atoms with Crippen molar-refractivity contribution in [1.82, 2.24) is 19.9 Å². The van der Waals surface area contributed by atoms with Crippen molar-refractivity contribution in [2.45, 2.75) is 0 Å². The molecule has 336 valence electrons. The van der Waals surface area contributed by atoms with Crippen LogP contribution in [-0.4, -0.2) is 72.3 Å². The summed E-state index contributed by atoms with van der Waals surface area (Å²) >= 11 is 0. The number of fused-ring (bicyclic) bond motifs is 4. The molecule has 0 amide bonds. The fourth-order valence-corrected chi connectivity index (χ4v) is 6.52. The van der Waals surface area contributed by atoms with Gasteiger partial charge in [0.15, 0.2) is 0 Å². The van der Waals surface area contributed by atoms with Crippen LogP contribution in [0, 0.1) is 45.3 Å². The molecule has 0 unspecified atom stereocenters. The molecule has 0 saturated heterocycles. The van der Waals surface area contributed by atoms with E-state index in [1.165, 1.54) is 28.4 Å². The average Bonchev–Trinajstić information content (AvgIpc) is 3.37. The zero-order valence-electron chi connectivity index (χ0n) is 36.4. The number of carbonyl (C=O) groups is 4. The minimum Gasteiger partial charge on any atom is -0.465 e. The maximum atomic E-state index is 11.5. The number of hydrogen-bond donors (Lipinski definition) is 4. The number of hydrogen-bond acceptors (Lipinski definition) is 20. The van der Waals surface area contributed by atoms with E-state index >= 15 is 0 Å². The number of nitrogens with zero attached hydrogens (tertiary/aromatic N) is 8. The Bertz CT molecular complexity index is 3040. The third-order valence-electron chi connectivity index (χ3n) is 9.81. The number of methoxy groups -OCH3 is 4. The molecule has 20 heteroatoms. The van der Waals surface area contributed by atoms with Crippen molar-refractivity contribution in [1.29, 1.82) is 21.0 Å². The second kappa shape index (κ2) is 21.8. The van der Waals surface area contributed by atoms with Gasteiger partial charge in [0.05, 0.1) is 95.5 Å². The summed E-state index contributed by atoms with van der Waals surface area (Å²) < 4.78 is 18.5. The van der Waals surface area contributed by atoms with Crippen molar-refractivity contribution in [3.63, 3.8) is 0 Å². The Morgan fingerprint density at radius 1 is 0.397 bits per heavy atom. The molecule has 0 aliphatic heterocycles. The van der Waals surface area contributed by atoms with E-state index in [9.17, 15) is 19.2 Å². The molecule has 68 heavy (non-hydrogen) atoms. The third-order valence-corrected chi connectivity index (χ3v) is 9.81. The van der Waals surface area contributed by atoms with Gasteiger partial charge in [0.1, 0.15) is 46.5 Å². The molecule has 0 aliphatic carbocycles. The molecule has 0 saturated carbocycles. The first-order chi connectivity index (χ1) is 32.7. The van der Waals surface area contributed by atoms with Crippen molar-refractivity contribution in [2.24, 2.45) is 0 Å². The first-order valence-corrected chi connectivity index (χ1v) is 19.4. The van der Waals surface area contributed by atoms with Gasteiger partial charge in [0.25, 0.3) is 0 Å². The van der Waals surface area contributed by atoms with Crippen LogP contribution in [0.1, 0.15) is 63.7 Å². The van der Waals surface area contributed by atoms with E-state index in [1.807, 2.05) is 24.3 Å². The highest BCUT2D eigenvalue weighted by atomic mass is 16.5. The Morgan fingerprint density at radius 2 is 0.588 bits per heavy atom. The number of carbonyl (C=O) groups excluding carboxylic acids is 4. The largest absolute Gasteiger partial charge is 0.465 e. The minimum atomic E-state index is -0.565. The van der Waals surface area contributed by atoms with Crippen molar-refractivity contribution < 1.29 is 38.1 Å². The van der Waals surface area contributed by atoms with Crippen molar-refractivity contribution in [3.05, 3.63) is 142 Å². The van der Waals surface area contributed by atoms with E-state index in [-0.39, 0.29) is 67.3 Å². The summed E-state index contributed by atoms with van der Waals surface area (Å²) in [6, 6.07) is 28.1. The number of ether oxygens (including phenoxy) is 4. The zero-order valence-corrected chi connectivity index (χ0v) is 36.4. The molecular formula is C48H36N12O8. The predicted octanol–water partition coefficient (Wildman–Crippen LogP) is 5.90. The first-order valence-electron chi connectivity index (χ1n) is 19.4. The van der Waals surface area contributed by atoms with Crippen LogP contribution >= 0.6 is 0 Å². The highest BCUT2D eigenvalue weighted by Gasteiger charge is 2.20. The van der Waals surface area contributed by atoms with E-state index < -0.39 is 23.9 Å². The monoisotopic (exact) mass is 908 g/mol. The number of pyridine rings is 4. The van der Waals surface area contributed by atoms with Gasteiger partial charge in [-0.15, -0.1) is 0 Å². The third kappa shape index (κ3) is 9.85. The molecule has 0 spiro atoms. The Balaban J connectivity index is 0.000000169. The summed E-state index contributed by atoms with van der Waals surface area (Å²) in [6.45, 7) is 0. The number of esters is 4. The second-order valence-electron chi connectivity index (χ2n) is 13.6. The summed E-state index contributed by atoms with van der Waals surface area (Å²) in [5, 5.41) is 39.0. The molecule has 20 nitrogen and oxygen atoms in total. The molecular weight excluding hydrogens is 873 g/mol. The van der Waals surface area contributed by atoms with Crippen LogP contribution in [0.2, 0.25) is 0 Å². The summed E-state index contributed by atoms with van der Waals surface area (Å²) in [4.78, 5) is 62.4. The van der Waals surface area contributed by atoms with Gasteiger partial charge >= 0.3 is 23.9 Å². The number of anilines is 4. The number of rotatable bonds is 4. The molecule has 4 heterocycles. The number of benzene rings is 4. The molecule has 4 aromatic heterocycles. The number of nitrogens with two attached hydrogens (primary N) is 4. The lowest BCUT2D eigenvalue weighted by Crippen LogP contribution is -2.08. The van der Waals surface area contributed by atoms with Crippen LogP contribution < -0.4 is 22.9 Å². The summed E-state index contributed by atoms with van der Waals surface area (Å²) in [6.07, 6.45) is 6.28. The molecule has 4 aromatic carbocycles. The highest BCUT2D eigenvalue weighted by Crippen LogP contribution is 2.30. The summed E-state index contributed by atoms with van der Waals surface area (Å²) in [7, 11) is 5.06. The lowest BCUT2D eigenvalue weighted by atomic mass is 10.0. The van der Waals surface area contributed by atoms with Crippen molar-refractivity contribution in [3.8, 4) is 24.3 Å². The molecule has 0 bridgehead atoms. The van der Waals surface area contributed by atoms with E-state index in [1.54, 1.807) is 97.6 Å². The Labute approximate surface area is 386 Å². The van der Waals surface area contributed by atoms with Gasteiger partial charge in [-0.2, -0.15) is 21.0 Å². The predicted molar refractivity (Wildman–Crippen MR) is 249 cm³/mol. The van der Waals surface area contributed by atoms with Crippen LogP contribution in [0.25, 0.3) is 43.6 Å². The molecule has 0 radical (unpaired) electrons. The van der Waals surface area contributed by atoms with E-state index in [0.717, 1.165) is 0 Å². The van der Waals surface area contributed by atoms with Gasteiger partial charge in [-0.3, -0.25) is 19.9 Å². The summed E-state index contributed by atoms with van der Waals surface area (Å²) in [5.41, 5.74) is 27.0. The normalized spacial score (nSPS) is 9.88. The number of nitriles is 4. The minimum absolute atomic E-state index is 0.102. The first kappa shape index (κ1) is 48.6. The van der Waals surface area contributed by atoms with E-state index in [0.29, 0.717) is 43.6 Å². The second-order valence-corrected chi connectivity index (χ2v) is 13.6. The zero-order chi connectivity index (χ0) is 49.7. The number of nitrogen functional groups attached to an aromatic ring is 4. The van der Waals surface area contributed by atoms with Gasteiger partial charge < -0.3 is 41.9 Å². The average molecular weight is 909 g/mol. The molecule has 8 rings (SSSR count). The van der Waals surface area contributed by atoms with Gasteiger partial charge in [-0.25, -0.2) is 19.2 Å². The van der Waals surface area contributed by atoms with E-state index in [4.69, 9.17) is 44.0 Å². The quantitative estimate of drug-likeness (QED) is 0.0906. The van der Waals surface area contributed by atoms with Crippen LogP contribution in [0.5, 0.6) is 0 Å². The standard InChI is InChI=1S/4C12H9N3O2/c4*1-17-12(16)8-5-7-3-2-4-15-11(7)9(6-13)10(8)14/h4*2-5H,14H2,1H3. The van der Waals surface area contributed by atoms with Crippen LogP contribution in [0.4, 0.5) is 22.7 Å². The fraction of sp³-hybridized carbons (Fsp3) is 0.0833. The van der Waals surface area contributed by atoms with Gasteiger partial charge in [-0.1, -0.05) is 24.3 Å². The molecule has 8 aromatic rings. The smallest absolute Gasteiger partial charge is 0.340 e. The summed E-state index contributed by atoms with van der Waals surface area (Å²) in [5.74, 6) is -2.26. The van der Waals surface area contributed by atoms with Crippen LogP contribution in [-0.2, 0) is 18.9 Å². The van der Waals surface area contributed by atoms with Crippen molar-refractivity contribution in [2.75, 3.05) is 51.4 Å². The Kier molecular flexibility index (Phi) is 15.6.